The second-order valence-corrected chi connectivity index (χ2v) is 5.98. The van der Waals surface area contributed by atoms with Gasteiger partial charge in [-0.25, -0.2) is 4.79 Å². The van der Waals surface area contributed by atoms with Gasteiger partial charge >= 0.3 is 5.97 Å². The third kappa shape index (κ3) is 5.16. The minimum absolute atomic E-state index is 0.0130. The summed E-state index contributed by atoms with van der Waals surface area (Å²) in [4.78, 5) is 11.8. The monoisotopic (exact) mass is 318 g/mol. The molecule has 0 fully saturated rings. The highest BCUT2D eigenvalue weighted by molar-refractivity contribution is 5.95. The molecule has 4 nitrogen and oxygen atoms in total. The van der Waals surface area contributed by atoms with Crippen LogP contribution in [0.4, 0.5) is 0 Å². The van der Waals surface area contributed by atoms with Crippen molar-refractivity contribution < 1.29 is 19.7 Å². The van der Waals surface area contributed by atoms with Crippen LogP contribution in [0.25, 0.3) is 0 Å². The molecule has 0 atom stereocenters. The molecular weight excluding hydrogens is 292 g/mol. The van der Waals surface area contributed by atoms with Crippen LogP contribution in [0, 0.1) is 6.92 Å². The fourth-order valence-corrected chi connectivity index (χ4v) is 2.35. The number of benzene rings is 1. The molecule has 1 aromatic rings. The summed E-state index contributed by atoms with van der Waals surface area (Å²) >= 11 is 0. The highest BCUT2D eigenvalue weighted by Gasteiger charge is 2.20. The van der Waals surface area contributed by atoms with E-state index >= 15 is 0 Å². The number of carbonyl (C=O) groups excluding carboxylic acids is 1. The number of esters is 1. The van der Waals surface area contributed by atoms with Crippen LogP contribution < -0.4 is 0 Å². The van der Waals surface area contributed by atoms with Crippen molar-refractivity contribution in [1.29, 1.82) is 0 Å². The van der Waals surface area contributed by atoms with Gasteiger partial charge in [0.1, 0.15) is 17.1 Å². The number of ether oxygens (including phenoxy) is 1. The Balaban J connectivity index is 3.00. The Kier molecular flexibility index (Phi) is 6.89. The molecule has 1 rings (SSSR count). The Labute approximate surface area is 138 Å². The molecule has 0 bridgehead atoms. The van der Waals surface area contributed by atoms with Crippen molar-refractivity contribution >= 4 is 5.97 Å². The van der Waals surface area contributed by atoms with Crippen molar-refractivity contribution in [1.82, 2.24) is 0 Å². The first-order valence-corrected chi connectivity index (χ1v) is 7.69. The predicted octanol–water partition coefficient (Wildman–Crippen LogP) is 4.43. The van der Waals surface area contributed by atoms with Gasteiger partial charge in [0.2, 0.25) is 0 Å². The van der Waals surface area contributed by atoms with E-state index in [0.29, 0.717) is 17.5 Å². The molecule has 0 aliphatic carbocycles. The van der Waals surface area contributed by atoms with E-state index in [0.717, 1.165) is 12.8 Å². The number of hydrogen-bond acceptors (Lipinski definition) is 4. The van der Waals surface area contributed by atoms with Crippen molar-refractivity contribution in [3.8, 4) is 11.5 Å². The van der Waals surface area contributed by atoms with Crippen LogP contribution in [0.2, 0.25) is 0 Å². The summed E-state index contributed by atoms with van der Waals surface area (Å²) in [7, 11) is 1.26. The molecule has 0 unspecified atom stereocenters. The molecule has 2 N–H and O–H groups in total. The van der Waals surface area contributed by atoms with Crippen LogP contribution in [0.15, 0.2) is 29.4 Å². The summed E-state index contributed by atoms with van der Waals surface area (Å²) in [5.74, 6) is -0.825. The lowest BCUT2D eigenvalue weighted by Crippen LogP contribution is -2.06. The number of carbonyl (C=O) groups is 1. The molecular formula is C19H26O4. The van der Waals surface area contributed by atoms with Gasteiger partial charge in [-0.05, 0) is 58.6 Å². The van der Waals surface area contributed by atoms with Gasteiger partial charge in [0.05, 0.1) is 7.11 Å². The lowest BCUT2D eigenvalue weighted by atomic mass is 9.98. The van der Waals surface area contributed by atoms with E-state index in [1.165, 1.54) is 24.3 Å². The number of hydrogen-bond donors (Lipinski definition) is 2. The maximum absolute atomic E-state index is 11.8. The van der Waals surface area contributed by atoms with Crippen molar-refractivity contribution in [3.63, 3.8) is 0 Å². The molecule has 23 heavy (non-hydrogen) atoms. The molecule has 0 aromatic heterocycles. The number of phenolic OH excluding ortho intramolecular Hbond substituents is 2. The van der Waals surface area contributed by atoms with Crippen LogP contribution in [-0.4, -0.2) is 23.3 Å². The second kappa shape index (κ2) is 8.42. The smallest absolute Gasteiger partial charge is 0.341 e. The van der Waals surface area contributed by atoms with Gasteiger partial charge in [-0.15, -0.1) is 0 Å². The van der Waals surface area contributed by atoms with Crippen molar-refractivity contribution in [2.45, 2.75) is 47.0 Å². The largest absolute Gasteiger partial charge is 0.508 e. The topological polar surface area (TPSA) is 66.8 Å². The molecule has 0 aliphatic rings. The third-order valence-corrected chi connectivity index (χ3v) is 3.71. The minimum atomic E-state index is -0.606. The number of aromatic hydroxyl groups is 2. The fourth-order valence-electron chi connectivity index (χ4n) is 2.35. The molecule has 0 saturated carbocycles. The van der Waals surface area contributed by atoms with Crippen LogP contribution in [0.1, 0.15) is 55.1 Å². The predicted molar refractivity (Wildman–Crippen MR) is 92.0 cm³/mol. The van der Waals surface area contributed by atoms with E-state index in [1.807, 2.05) is 13.0 Å². The fraction of sp³-hybridized carbons (Fsp3) is 0.421. The van der Waals surface area contributed by atoms with Crippen molar-refractivity contribution in [3.05, 3.63) is 46.1 Å². The first-order valence-electron chi connectivity index (χ1n) is 7.69. The second-order valence-electron chi connectivity index (χ2n) is 5.98. The number of allylic oxidation sites excluding steroid dienone is 4. The van der Waals surface area contributed by atoms with Gasteiger partial charge in [0.25, 0.3) is 0 Å². The van der Waals surface area contributed by atoms with E-state index in [2.05, 4.69) is 19.9 Å². The summed E-state index contributed by atoms with van der Waals surface area (Å²) in [6.45, 7) is 7.80. The van der Waals surface area contributed by atoms with Gasteiger partial charge in [-0.1, -0.05) is 23.3 Å². The number of aryl methyl sites for hydroxylation is 1. The van der Waals surface area contributed by atoms with E-state index in [9.17, 15) is 15.0 Å². The molecule has 0 aliphatic heterocycles. The average Bonchev–Trinajstić information content (AvgIpc) is 2.45. The summed E-state index contributed by atoms with van der Waals surface area (Å²) in [5.41, 5.74) is 3.39. The lowest BCUT2D eigenvalue weighted by molar-refractivity contribution is 0.0596. The summed E-state index contributed by atoms with van der Waals surface area (Å²) in [6.07, 6.45) is 6.38. The highest BCUT2D eigenvalue weighted by atomic mass is 16.5. The number of methoxy groups -OCH3 is 1. The zero-order chi connectivity index (χ0) is 17.6. The van der Waals surface area contributed by atoms with Gasteiger partial charge in [-0.2, -0.15) is 0 Å². The summed E-state index contributed by atoms with van der Waals surface area (Å²) < 4.78 is 4.69. The van der Waals surface area contributed by atoms with Crippen LogP contribution in [0.5, 0.6) is 11.5 Å². The van der Waals surface area contributed by atoms with E-state index < -0.39 is 5.97 Å². The van der Waals surface area contributed by atoms with E-state index in [4.69, 9.17) is 4.74 Å². The normalized spacial score (nSPS) is 11.3. The third-order valence-electron chi connectivity index (χ3n) is 3.71. The maximum atomic E-state index is 11.8. The molecule has 0 radical (unpaired) electrons. The number of rotatable bonds is 6. The van der Waals surface area contributed by atoms with E-state index in [1.54, 1.807) is 6.92 Å². The molecule has 0 spiro atoms. The van der Waals surface area contributed by atoms with Crippen molar-refractivity contribution in [2.24, 2.45) is 0 Å². The molecule has 1 aromatic carbocycles. The van der Waals surface area contributed by atoms with Crippen LogP contribution >= 0.6 is 0 Å². The molecule has 0 heterocycles. The Morgan fingerprint density at radius 1 is 1.22 bits per heavy atom. The van der Waals surface area contributed by atoms with Crippen LogP contribution in [-0.2, 0) is 11.2 Å². The summed E-state index contributed by atoms with van der Waals surface area (Å²) in [5, 5.41) is 20.4. The van der Waals surface area contributed by atoms with Crippen LogP contribution in [0.3, 0.4) is 0 Å². The quantitative estimate of drug-likeness (QED) is 0.601. The Morgan fingerprint density at radius 2 is 1.87 bits per heavy atom. The Bertz CT molecular complexity index is 635. The maximum Gasteiger partial charge on any atom is 0.341 e. The Hall–Kier alpha value is -2.23. The van der Waals surface area contributed by atoms with E-state index in [-0.39, 0.29) is 17.1 Å². The first kappa shape index (κ1) is 18.8. The Morgan fingerprint density at radius 3 is 2.43 bits per heavy atom. The standard InChI is InChI=1S/C19H26O4/c1-12(2)7-6-8-13(3)9-10-15-16(20)11-14(4)17(18(15)21)19(22)23-5/h7,9,11,20-21H,6,8,10H2,1-5H3/b13-9+. The number of phenols is 2. The SMILES string of the molecule is COC(=O)c1c(C)cc(O)c(C/C=C(\C)CCC=C(C)C)c1O. The average molecular weight is 318 g/mol. The molecule has 4 heteroatoms. The van der Waals surface area contributed by atoms with Crippen molar-refractivity contribution in [2.75, 3.05) is 7.11 Å². The molecule has 0 amide bonds. The summed E-state index contributed by atoms with van der Waals surface area (Å²) in [6, 6.07) is 1.48. The zero-order valence-electron chi connectivity index (χ0n) is 14.6. The van der Waals surface area contributed by atoms with Gasteiger partial charge < -0.3 is 14.9 Å². The van der Waals surface area contributed by atoms with Gasteiger partial charge in [0.15, 0.2) is 0 Å². The highest BCUT2D eigenvalue weighted by Crippen LogP contribution is 2.34. The lowest BCUT2D eigenvalue weighted by Gasteiger charge is -2.12. The zero-order valence-corrected chi connectivity index (χ0v) is 14.6. The minimum Gasteiger partial charge on any atom is -0.508 e. The molecule has 126 valence electrons. The first-order chi connectivity index (χ1) is 10.8. The van der Waals surface area contributed by atoms with Gasteiger partial charge in [-0.3, -0.25) is 0 Å². The molecule has 0 saturated heterocycles. The van der Waals surface area contributed by atoms with Gasteiger partial charge in [0, 0.05) is 5.56 Å².